The molecule has 0 radical (unpaired) electrons. The monoisotopic (exact) mass is 541 g/mol. The summed E-state index contributed by atoms with van der Waals surface area (Å²) in [4.78, 5) is 0.526. The number of nitrogens with zero attached hydrogens (tertiary/aromatic N) is 1. The molecule has 0 fully saturated rings. The van der Waals surface area contributed by atoms with E-state index in [-0.39, 0.29) is 16.2 Å². The first-order chi connectivity index (χ1) is 14.8. The number of sulfone groups is 1. The van der Waals surface area contributed by atoms with Crippen molar-refractivity contribution < 1.29 is 13.2 Å². The fraction of sp³-hybridized carbons (Fsp3) is 0.160. The minimum Gasteiger partial charge on any atom is -0.485 e. The molecule has 0 aromatic heterocycles. The summed E-state index contributed by atoms with van der Waals surface area (Å²) in [7, 11) is -3.75. The molecular formula is C25H20INO3S. The third-order valence-corrected chi connectivity index (χ3v) is 7.87. The standard InChI is InChI=1S/C25H20INO3S/c1-25(15-18-5-3-2-4-6-18)16-23(31(28,29)22-13-11-21(26)12-14-22)24(30-25)20-9-7-19(17-27)8-10-20/h2-14H,15-16H2,1H3. The maximum atomic E-state index is 13.6. The van der Waals surface area contributed by atoms with E-state index in [0.717, 1.165) is 9.13 Å². The van der Waals surface area contributed by atoms with Crippen LogP contribution in [-0.4, -0.2) is 14.0 Å². The molecule has 4 rings (SSSR count). The average molecular weight is 541 g/mol. The van der Waals surface area contributed by atoms with Crippen molar-refractivity contribution in [3.8, 4) is 6.07 Å². The topological polar surface area (TPSA) is 67.2 Å². The highest BCUT2D eigenvalue weighted by Crippen LogP contribution is 2.45. The SMILES string of the molecule is CC1(Cc2ccccc2)CC(S(=O)(=O)c2ccc(I)cc2)=C(c2ccc(C#N)cc2)O1. The summed E-state index contributed by atoms with van der Waals surface area (Å²) in [6.07, 6.45) is 0.852. The second kappa shape index (κ2) is 8.48. The van der Waals surface area contributed by atoms with Gasteiger partial charge in [-0.25, -0.2) is 8.42 Å². The first-order valence-electron chi connectivity index (χ1n) is 9.78. The molecule has 0 spiro atoms. The van der Waals surface area contributed by atoms with Gasteiger partial charge in [-0.1, -0.05) is 30.3 Å². The van der Waals surface area contributed by atoms with Crippen molar-refractivity contribution in [1.82, 2.24) is 0 Å². The van der Waals surface area contributed by atoms with Crippen molar-refractivity contribution in [3.05, 3.63) is 104 Å². The molecule has 0 bridgehead atoms. The maximum Gasteiger partial charge on any atom is 0.206 e. The van der Waals surface area contributed by atoms with Crippen LogP contribution >= 0.6 is 22.6 Å². The molecule has 4 nitrogen and oxygen atoms in total. The number of halogens is 1. The second-order valence-electron chi connectivity index (χ2n) is 7.79. The van der Waals surface area contributed by atoms with Gasteiger partial charge in [0.2, 0.25) is 9.84 Å². The van der Waals surface area contributed by atoms with Crippen LogP contribution in [-0.2, 0) is 21.0 Å². The number of rotatable bonds is 5. The van der Waals surface area contributed by atoms with Gasteiger partial charge < -0.3 is 4.74 Å². The first kappa shape index (κ1) is 21.6. The van der Waals surface area contributed by atoms with Crippen molar-refractivity contribution in [2.45, 2.75) is 30.3 Å². The van der Waals surface area contributed by atoms with Crippen LogP contribution < -0.4 is 0 Å². The lowest BCUT2D eigenvalue weighted by Crippen LogP contribution is -2.27. The van der Waals surface area contributed by atoms with E-state index in [0.29, 0.717) is 23.3 Å². The molecule has 0 N–H and O–H groups in total. The molecular weight excluding hydrogens is 521 g/mol. The fourth-order valence-corrected chi connectivity index (χ4v) is 5.81. The number of hydrogen-bond acceptors (Lipinski definition) is 4. The number of nitriles is 1. The van der Waals surface area contributed by atoms with E-state index in [1.165, 1.54) is 0 Å². The van der Waals surface area contributed by atoms with Crippen LogP contribution in [0.1, 0.15) is 30.0 Å². The number of benzene rings is 3. The van der Waals surface area contributed by atoms with Gasteiger partial charge in [-0.15, -0.1) is 0 Å². The maximum absolute atomic E-state index is 13.6. The van der Waals surface area contributed by atoms with Crippen molar-refractivity contribution in [3.63, 3.8) is 0 Å². The van der Waals surface area contributed by atoms with Crippen LogP contribution in [0.5, 0.6) is 0 Å². The summed E-state index contributed by atoms with van der Waals surface area (Å²) >= 11 is 2.15. The molecule has 31 heavy (non-hydrogen) atoms. The van der Waals surface area contributed by atoms with Gasteiger partial charge in [0, 0.05) is 22.0 Å². The van der Waals surface area contributed by atoms with Gasteiger partial charge in [-0.05, 0) is 83.6 Å². The summed E-state index contributed by atoms with van der Waals surface area (Å²) in [5.74, 6) is 0.362. The Kier molecular flexibility index (Phi) is 5.91. The molecule has 0 aliphatic carbocycles. The number of hydrogen-bond donors (Lipinski definition) is 0. The molecule has 1 aliphatic rings. The average Bonchev–Trinajstić information content (AvgIpc) is 3.13. The van der Waals surface area contributed by atoms with E-state index < -0.39 is 15.4 Å². The zero-order chi connectivity index (χ0) is 22.1. The molecule has 0 saturated carbocycles. The van der Waals surface area contributed by atoms with E-state index in [1.807, 2.05) is 37.3 Å². The van der Waals surface area contributed by atoms with Gasteiger partial charge in [-0.3, -0.25) is 0 Å². The third-order valence-electron chi connectivity index (χ3n) is 5.28. The van der Waals surface area contributed by atoms with Gasteiger partial charge in [-0.2, -0.15) is 5.26 Å². The lowest BCUT2D eigenvalue weighted by atomic mass is 9.94. The third kappa shape index (κ3) is 4.53. The first-order valence-corrected chi connectivity index (χ1v) is 12.3. The number of ether oxygens (including phenoxy) is 1. The minimum absolute atomic E-state index is 0.252. The van der Waals surface area contributed by atoms with Crippen LogP contribution in [0.25, 0.3) is 5.76 Å². The van der Waals surface area contributed by atoms with E-state index in [4.69, 9.17) is 10.00 Å². The molecule has 3 aromatic rings. The fourth-order valence-electron chi connectivity index (χ4n) is 3.77. The Morgan fingerprint density at radius 2 is 1.65 bits per heavy atom. The van der Waals surface area contributed by atoms with Crippen molar-refractivity contribution in [1.29, 1.82) is 5.26 Å². The van der Waals surface area contributed by atoms with Crippen molar-refractivity contribution in [2.24, 2.45) is 0 Å². The Bertz CT molecular complexity index is 1280. The molecule has 6 heteroatoms. The summed E-state index contributed by atoms with van der Waals surface area (Å²) in [5, 5.41) is 9.10. The van der Waals surface area contributed by atoms with Crippen LogP contribution in [0.2, 0.25) is 0 Å². The predicted molar refractivity (Wildman–Crippen MR) is 129 cm³/mol. The summed E-state index contributed by atoms with van der Waals surface area (Å²) in [6, 6.07) is 25.7. The highest BCUT2D eigenvalue weighted by atomic mass is 127. The van der Waals surface area contributed by atoms with Gasteiger partial charge in [0.1, 0.15) is 11.4 Å². The minimum atomic E-state index is -3.75. The molecule has 1 atom stereocenters. The lowest BCUT2D eigenvalue weighted by Gasteiger charge is -2.25. The van der Waals surface area contributed by atoms with E-state index in [2.05, 4.69) is 28.7 Å². The highest BCUT2D eigenvalue weighted by molar-refractivity contribution is 14.1. The van der Waals surface area contributed by atoms with Crippen LogP contribution in [0.15, 0.2) is 88.7 Å². The molecule has 0 saturated heterocycles. The Balaban J connectivity index is 1.79. The smallest absolute Gasteiger partial charge is 0.206 e. The molecule has 1 aliphatic heterocycles. The van der Waals surface area contributed by atoms with Gasteiger partial charge in [0.05, 0.1) is 21.4 Å². The highest BCUT2D eigenvalue weighted by Gasteiger charge is 2.43. The molecule has 0 amide bonds. The largest absolute Gasteiger partial charge is 0.485 e. The van der Waals surface area contributed by atoms with E-state index >= 15 is 0 Å². The Hall–Kier alpha value is -2.63. The zero-order valence-electron chi connectivity index (χ0n) is 16.9. The van der Waals surface area contributed by atoms with Crippen molar-refractivity contribution in [2.75, 3.05) is 0 Å². The summed E-state index contributed by atoms with van der Waals surface area (Å²) in [6.45, 7) is 1.94. The molecule has 1 unspecified atom stereocenters. The molecule has 1 heterocycles. The Morgan fingerprint density at radius 1 is 1.00 bits per heavy atom. The second-order valence-corrected chi connectivity index (χ2v) is 11.0. The van der Waals surface area contributed by atoms with Crippen LogP contribution in [0.3, 0.4) is 0 Å². The summed E-state index contributed by atoms with van der Waals surface area (Å²) < 4.78 is 34.5. The Morgan fingerprint density at radius 3 is 2.26 bits per heavy atom. The lowest BCUT2D eigenvalue weighted by molar-refractivity contribution is 0.0800. The molecule has 156 valence electrons. The van der Waals surface area contributed by atoms with E-state index in [1.54, 1.807) is 48.5 Å². The Labute approximate surface area is 196 Å². The molecule has 3 aromatic carbocycles. The van der Waals surface area contributed by atoms with Crippen LogP contribution in [0.4, 0.5) is 0 Å². The van der Waals surface area contributed by atoms with Gasteiger partial charge in [0.15, 0.2) is 0 Å². The van der Waals surface area contributed by atoms with Crippen LogP contribution in [0, 0.1) is 14.9 Å². The predicted octanol–water partition coefficient (Wildman–Crippen LogP) is 5.73. The quantitative estimate of drug-likeness (QED) is 0.388. The van der Waals surface area contributed by atoms with E-state index in [9.17, 15) is 8.42 Å². The van der Waals surface area contributed by atoms with Crippen molar-refractivity contribution >= 4 is 38.2 Å². The normalized spacial score (nSPS) is 18.5. The van der Waals surface area contributed by atoms with Gasteiger partial charge >= 0.3 is 0 Å². The van der Waals surface area contributed by atoms with Gasteiger partial charge in [0.25, 0.3) is 0 Å². The zero-order valence-corrected chi connectivity index (χ0v) is 19.9. The summed E-state index contributed by atoms with van der Waals surface area (Å²) in [5.41, 5.74) is 1.55.